The Morgan fingerprint density at radius 2 is 1.59 bits per heavy atom. The minimum absolute atomic E-state index is 0. The van der Waals surface area contributed by atoms with Crippen molar-refractivity contribution in [3.63, 3.8) is 0 Å². The van der Waals surface area contributed by atoms with E-state index >= 15 is 0 Å². The summed E-state index contributed by atoms with van der Waals surface area (Å²) in [6.07, 6.45) is 4.62. The molecule has 13 atom stereocenters. The first kappa shape index (κ1) is 45.4. The number of carboxylic acids is 1. The van der Waals surface area contributed by atoms with E-state index in [1.54, 1.807) is 0 Å². The molecule has 4 saturated carbocycles. The number of fused-ring (bicyclic) bond motifs is 5. The number of rotatable bonds is 16. The van der Waals surface area contributed by atoms with Gasteiger partial charge in [-0.15, -0.1) is 12.4 Å². The van der Waals surface area contributed by atoms with Crippen molar-refractivity contribution < 1.29 is 48.8 Å². The van der Waals surface area contributed by atoms with Crippen molar-refractivity contribution in [1.29, 1.82) is 0 Å². The van der Waals surface area contributed by atoms with Gasteiger partial charge in [-0.25, -0.2) is 0 Å². The molecule has 1 aromatic rings. The predicted molar refractivity (Wildman–Crippen MR) is 210 cm³/mol. The Morgan fingerprint density at radius 3 is 2.27 bits per heavy atom. The van der Waals surface area contributed by atoms with Gasteiger partial charge >= 0.3 is 17.9 Å². The number of nitrogens with two attached hydrogens (primary N) is 1. The molecule has 1 aromatic carbocycles. The lowest BCUT2D eigenvalue weighted by atomic mass is 9.43. The number of ether oxygens (including phenoxy) is 2. The van der Waals surface area contributed by atoms with Crippen molar-refractivity contribution in [2.24, 2.45) is 52.1 Å². The third-order valence-corrected chi connectivity index (χ3v) is 14.4. The lowest BCUT2D eigenvalue weighted by Crippen LogP contribution is -2.63. The van der Waals surface area contributed by atoms with Gasteiger partial charge in [0.15, 0.2) is 0 Å². The molecular weight excluding hydrogens is 742 g/mol. The number of benzene rings is 1. The molecule has 0 saturated heterocycles. The fourth-order valence-electron chi connectivity index (χ4n) is 11.3. The van der Waals surface area contributed by atoms with Gasteiger partial charge in [0.05, 0.1) is 25.4 Å². The summed E-state index contributed by atoms with van der Waals surface area (Å²) in [6, 6.07) is 6.72. The second-order valence-corrected chi connectivity index (χ2v) is 17.5. The minimum atomic E-state index is -1.14. The number of halogens is 1. The Balaban J connectivity index is 0.00000696. The fraction of sp³-hybridized carbons (Fsp3) is 0.738. The summed E-state index contributed by atoms with van der Waals surface area (Å²) in [5.74, 6) is -2.05. The SMILES string of the molecule is COC(=O)CC[C@@H](C)[C@H]1CC[C@H]2[C@@H]3[C@H](O)C[C@@H]4C[C@@H](NC(=O)[C@H](CCC(=O)OCc5ccccc5)NC(=O)[C@@H](N)CCC(=O)O)CC[C@]4(C)[C@H]3C[C@H](O)[C@]12C.Cl. The van der Waals surface area contributed by atoms with Crippen molar-refractivity contribution in [2.45, 2.75) is 141 Å². The monoisotopic (exact) mass is 805 g/mol. The van der Waals surface area contributed by atoms with Crippen LogP contribution >= 0.6 is 12.4 Å². The van der Waals surface area contributed by atoms with E-state index in [9.17, 15) is 34.2 Å². The molecular formula is C42H64ClN3O10. The highest BCUT2D eigenvalue weighted by atomic mass is 35.5. The van der Waals surface area contributed by atoms with Crippen LogP contribution in [0.3, 0.4) is 0 Å². The van der Waals surface area contributed by atoms with Gasteiger partial charge in [0, 0.05) is 25.3 Å². The molecule has 4 aliphatic carbocycles. The molecule has 0 bridgehead atoms. The molecule has 13 nitrogen and oxygen atoms in total. The molecule has 314 valence electrons. The molecule has 0 heterocycles. The van der Waals surface area contributed by atoms with Crippen LogP contribution < -0.4 is 16.4 Å². The highest BCUT2D eigenvalue weighted by molar-refractivity contribution is 5.90. The van der Waals surface area contributed by atoms with E-state index in [1.165, 1.54) is 7.11 Å². The molecule has 4 fully saturated rings. The minimum Gasteiger partial charge on any atom is -0.481 e. The largest absolute Gasteiger partial charge is 0.481 e. The highest BCUT2D eigenvalue weighted by Gasteiger charge is 2.65. The summed E-state index contributed by atoms with van der Waals surface area (Å²) in [6.45, 7) is 6.75. The number of amides is 2. The Labute approximate surface area is 337 Å². The van der Waals surface area contributed by atoms with Crippen molar-refractivity contribution in [3.8, 4) is 0 Å². The predicted octanol–water partition coefficient (Wildman–Crippen LogP) is 4.28. The number of aliphatic carboxylic acids is 1. The maximum Gasteiger partial charge on any atom is 0.306 e. The number of hydrogen-bond donors (Lipinski definition) is 6. The maximum atomic E-state index is 13.8. The van der Waals surface area contributed by atoms with Crippen LogP contribution in [0.5, 0.6) is 0 Å². The topological polar surface area (TPSA) is 215 Å². The van der Waals surface area contributed by atoms with Crippen LogP contribution in [0.15, 0.2) is 30.3 Å². The molecule has 0 spiro atoms. The van der Waals surface area contributed by atoms with Crippen LogP contribution in [0.2, 0.25) is 0 Å². The van der Waals surface area contributed by atoms with Gasteiger partial charge in [-0.3, -0.25) is 24.0 Å². The molecule has 2 amide bonds. The van der Waals surface area contributed by atoms with Crippen molar-refractivity contribution in [2.75, 3.05) is 7.11 Å². The first-order valence-electron chi connectivity index (χ1n) is 20.3. The van der Waals surface area contributed by atoms with Crippen molar-refractivity contribution in [1.82, 2.24) is 10.6 Å². The highest BCUT2D eigenvalue weighted by Crippen LogP contribution is 2.68. The van der Waals surface area contributed by atoms with Gasteiger partial charge in [-0.05, 0) is 116 Å². The van der Waals surface area contributed by atoms with Crippen molar-refractivity contribution in [3.05, 3.63) is 35.9 Å². The van der Waals surface area contributed by atoms with Crippen LogP contribution in [-0.4, -0.2) is 82.5 Å². The van der Waals surface area contributed by atoms with E-state index in [-0.39, 0.29) is 103 Å². The van der Waals surface area contributed by atoms with E-state index in [2.05, 4.69) is 31.4 Å². The van der Waals surface area contributed by atoms with Gasteiger partial charge < -0.3 is 41.2 Å². The van der Waals surface area contributed by atoms with Crippen molar-refractivity contribution >= 4 is 42.1 Å². The third kappa shape index (κ3) is 10.1. The molecule has 5 rings (SSSR count). The summed E-state index contributed by atoms with van der Waals surface area (Å²) in [4.78, 5) is 62.5. The Hall–Kier alpha value is -3.26. The lowest BCUT2D eigenvalue weighted by molar-refractivity contribution is -0.202. The first-order valence-corrected chi connectivity index (χ1v) is 20.3. The van der Waals surface area contributed by atoms with Gasteiger partial charge in [0.1, 0.15) is 12.6 Å². The van der Waals surface area contributed by atoms with Crippen LogP contribution in [0.1, 0.15) is 110 Å². The number of aliphatic hydroxyl groups is 2. The molecule has 56 heavy (non-hydrogen) atoms. The van der Waals surface area contributed by atoms with E-state index in [4.69, 9.17) is 20.3 Å². The zero-order chi connectivity index (χ0) is 40.1. The number of carbonyl (C=O) groups excluding carboxylic acids is 4. The standard InChI is InChI=1S/C42H63N3O10.ClH/c1-24(10-16-36(50)54-4)28-11-12-29-38-30(22-34(47)42(28,29)3)41(2)19-18-27(20-26(41)21-33(38)46)44-40(53)32(45-39(52)31(43)13-15-35(48)49)14-17-37(51)55-23-25-8-6-5-7-9-25;/h5-9,24,26-34,38,46-47H,10-23,43H2,1-4H3,(H,44,53)(H,45,52)(H,48,49);1H/t24-,26+,27+,28-,29+,30+,31+,32+,33-,34+,38+,41+,42-;/m1./s1. The number of hydrogen-bond acceptors (Lipinski definition) is 10. The normalized spacial score (nSPS) is 33.5. The molecule has 0 aromatic heterocycles. The van der Waals surface area contributed by atoms with E-state index in [0.29, 0.717) is 38.5 Å². The average Bonchev–Trinajstić information content (AvgIpc) is 3.52. The van der Waals surface area contributed by atoms with Crippen LogP contribution in [0.4, 0.5) is 0 Å². The van der Waals surface area contributed by atoms with Gasteiger partial charge in [-0.2, -0.15) is 0 Å². The average molecular weight is 806 g/mol. The van der Waals surface area contributed by atoms with E-state index in [0.717, 1.165) is 24.8 Å². The Morgan fingerprint density at radius 1 is 0.893 bits per heavy atom. The Kier molecular flexibility index (Phi) is 15.8. The second kappa shape index (κ2) is 19.5. The fourth-order valence-corrected chi connectivity index (χ4v) is 11.3. The molecule has 0 aliphatic heterocycles. The maximum absolute atomic E-state index is 13.8. The lowest BCUT2D eigenvalue weighted by Gasteiger charge is -2.63. The van der Waals surface area contributed by atoms with Gasteiger partial charge in [0.25, 0.3) is 0 Å². The van der Waals surface area contributed by atoms with Gasteiger partial charge in [-0.1, -0.05) is 51.1 Å². The Bertz CT molecular complexity index is 1530. The number of nitrogens with one attached hydrogen (secondary N) is 2. The smallest absolute Gasteiger partial charge is 0.306 e. The summed E-state index contributed by atoms with van der Waals surface area (Å²) < 4.78 is 10.3. The molecule has 7 N–H and O–H groups in total. The molecule has 14 heteroatoms. The van der Waals surface area contributed by atoms with Crippen LogP contribution in [-0.2, 0) is 40.1 Å². The number of carbonyl (C=O) groups is 5. The summed E-state index contributed by atoms with van der Waals surface area (Å²) in [5.41, 5.74) is 6.29. The number of methoxy groups -OCH3 is 1. The first-order chi connectivity index (χ1) is 26.1. The molecule has 4 aliphatic rings. The quantitative estimate of drug-likeness (QED) is 0.130. The van der Waals surface area contributed by atoms with Crippen LogP contribution in [0, 0.1) is 46.3 Å². The number of aliphatic hydroxyl groups excluding tert-OH is 2. The van der Waals surface area contributed by atoms with Crippen LogP contribution in [0.25, 0.3) is 0 Å². The summed E-state index contributed by atoms with van der Waals surface area (Å²) >= 11 is 0. The third-order valence-electron chi connectivity index (χ3n) is 14.4. The second-order valence-electron chi connectivity index (χ2n) is 17.5. The summed E-state index contributed by atoms with van der Waals surface area (Å²) in [5, 5.41) is 38.7. The van der Waals surface area contributed by atoms with Gasteiger partial charge in [0.2, 0.25) is 11.8 Å². The number of carboxylic acid groups (broad SMARTS) is 1. The zero-order valence-corrected chi connectivity index (χ0v) is 34.1. The zero-order valence-electron chi connectivity index (χ0n) is 33.3. The van der Waals surface area contributed by atoms with E-state index in [1.807, 2.05) is 30.3 Å². The summed E-state index contributed by atoms with van der Waals surface area (Å²) in [7, 11) is 1.40. The number of esters is 2. The molecule has 0 radical (unpaired) electrons. The van der Waals surface area contributed by atoms with E-state index < -0.39 is 48.0 Å². The molecule has 0 unspecified atom stereocenters.